The lowest BCUT2D eigenvalue weighted by Gasteiger charge is -2.33. The van der Waals surface area contributed by atoms with E-state index in [-0.39, 0.29) is 35.5 Å². The van der Waals surface area contributed by atoms with E-state index in [1.54, 1.807) is 18.2 Å². The summed E-state index contributed by atoms with van der Waals surface area (Å²) in [6.45, 7) is 5.05. The third-order valence-electron chi connectivity index (χ3n) is 9.19. The van der Waals surface area contributed by atoms with Crippen LogP contribution in [0.25, 0.3) is 11.0 Å². The molecule has 246 valence electrons. The average molecular weight is 646 g/mol. The van der Waals surface area contributed by atoms with Gasteiger partial charge >= 0.3 is 6.18 Å². The molecule has 2 fully saturated rings. The fourth-order valence-electron chi connectivity index (χ4n) is 6.36. The zero-order chi connectivity index (χ0) is 33.3. The minimum absolute atomic E-state index is 0.0659. The number of likely N-dealkylation sites (N-methyl/N-ethyl adjacent to an activating group) is 1. The predicted octanol–water partition coefficient (Wildman–Crippen LogP) is 5.22. The number of nitrogens with two attached hydrogens (primary N) is 1. The molecule has 1 aliphatic carbocycles. The number of nitrogens with one attached hydrogen (secondary N) is 1. The van der Waals surface area contributed by atoms with E-state index < -0.39 is 17.6 Å². The van der Waals surface area contributed by atoms with Gasteiger partial charge in [-0.1, -0.05) is 24.0 Å². The molecule has 0 spiro atoms. The summed E-state index contributed by atoms with van der Waals surface area (Å²) in [6.07, 6.45) is 1.51. The summed E-state index contributed by atoms with van der Waals surface area (Å²) in [5.41, 5.74) is 8.77. The lowest BCUT2D eigenvalue weighted by atomic mass is 9.93. The fourth-order valence-corrected chi connectivity index (χ4v) is 6.36. The molecule has 2 aromatic carbocycles. The van der Waals surface area contributed by atoms with Crippen molar-refractivity contribution in [2.24, 2.45) is 0 Å². The number of fused-ring (bicyclic) bond motifs is 1. The number of aryl methyl sites for hydroxylation is 1. The van der Waals surface area contributed by atoms with E-state index in [0.29, 0.717) is 53.9 Å². The van der Waals surface area contributed by atoms with Crippen LogP contribution >= 0.6 is 0 Å². The Labute approximate surface area is 271 Å². The van der Waals surface area contributed by atoms with Gasteiger partial charge in [-0.25, -0.2) is 9.97 Å². The van der Waals surface area contributed by atoms with E-state index in [0.717, 1.165) is 37.6 Å². The molecule has 47 heavy (non-hydrogen) atoms. The number of hydrogen-bond acceptors (Lipinski definition) is 7. The Balaban J connectivity index is 1.24. The molecule has 2 aromatic heterocycles. The van der Waals surface area contributed by atoms with Crippen molar-refractivity contribution in [1.82, 2.24) is 24.3 Å². The first kappa shape index (κ1) is 32.5. The van der Waals surface area contributed by atoms with Gasteiger partial charge in [0.05, 0.1) is 22.6 Å². The van der Waals surface area contributed by atoms with Gasteiger partial charge in [-0.3, -0.25) is 9.69 Å². The quantitative estimate of drug-likeness (QED) is 0.255. The number of anilines is 2. The summed E-state index contributed by atoms with van der Waals surface area (Å²) in [6, 6.07) is 9.13. The van der Waals surface area contributed by atoms with Crippen LogP contribution in [0.3, 0.4) is 0 Å². The summed E-state index contributed by atoms with van der Waals surface area (Å²) >= 11 is 0. The molecule has 12 heteroatoms. The Kier molecular flexibility index (Phi) is 9.23. The Morgan fingerprint density at radius 2 is 1.74 bits per heavy atom. The lowest BCUT2D eigenvalue weighted by Crippen LogP contribution is -2.44. The minimum atomic E-state index is -4.56. The van der Waals surface area contributed by atoms with Crippen LogP contribution in [-0.4, -0.2) is 74.7 Å². The van der Waals surface area contributed by atoms with Gasteiger partial charge in [-0.2, -0.15) is 13.2 Å². The minimum Gasteiger partial charge on any atom is -0.393 e. The van der Waals surface area contributed by atoms with Crippen molar-refractivity contribution in [3.8, 4) is 11.8 Å². The number of carbonyl (C=O) groups excluding carboxylic acids is 1. The number of nitrogens with zero attached hydrogens (tertiary/aromatic N) is 5. The third-order valence-corrected chi connectivity index (χ3v) is 9.19. The van der Waals surface area contributed by atoms with E-state index in [9.17, 15) is 23.1 Å². The fraction of sp³-hybridized carbons (Fsp3) is 0.400. The van der Waals surface area contributed by atoms with Gasteiger partial charge in [0.2, 0.25) is 0 Å². The molecule has 9 nitrogen and oxygen atoms in total. The maximum Gasteiger partial charge on any atom is 0.416 e. The second-order valence-electron chi connectivity index (χ2n) is 12.6. The normalized spacial score (nSPS) is 19.4. The van der Waals surface area contributed by atoms with Gasteiger partial charge in [-0.05, 0) is 75.0 Å². The number of amides is 1. The Bertz CT molecular complexity index is 1840. The number of halogens is 3. The maximum atomic E-state index is 14.1. The molecule has 0 unspecified atom stereocenters. The van der Waals surface area contributed by atoms with Crippen molar-refractivity contribution in [2.45, 2.75) is 57.5 Å². The molecular formula is C35H38F3N7O2. The molecule has 1 aliphatic heterocycles. The van der Waals surface area contributed by atoms with Gasteiger partial charge in [0, 0.05) is 61.8 Å². The highest BCUT2D eigenvalue weighted by Crippen LogP contribution is 2.36. The number of benzene rings is 2. The van der Waals surface area contributed by atoms with Gasteiger partial charge in [0.1, 0.15) is 17.8 Å². The molecule has 1 saturated heterocycles. The molecule has 0 radical (unpaired) electrons. The van der Waals surface area contributed by atoms with Crippen LogP contribution in [0.4, 0.5) is 24.7 Å². The number of aromatic nitrogens is 3. The maximum absolute atomic E-state index is 14.1. The van der Waals surface area contributed by atoms with Crippen molar-refractivity contribution >= 4 is 28.4 Å². The number of aliphatic hydroxyl groups is 1. The summed E-state index contributed by atoms with van der Waals surface area (Å²) in [5.74, 6) is 6.12. The molecule has 6 rings (SSSR count). The predicted molar refractivity (Wildman–Crippen MR) is 175 cm³/mol. The van der Waals surface area contributed by atoms with Crippen molar-refractivity contribution in [2.75, 3.05) is 44.3 Å². The molecule has 4 aromatic rings. The molecular weight excluding hydrogens is 607 g/mol. The molecule has 1 saturated carbocycles. The highest BCUT2D eigenvalue weighted by atomic mass is 19.4. The van der Waals surface area contributed by atoms with Crippen LogP contribution in [-0.2, 0) is 12.7 Å². The largest absolute Gasteiger partial charge is 0.416 e. The van der Waals surface area contributed by atoms with E-state index >= 15 is 0 Å². The lowest BCUT2D eigenvalue weighted by molar-refractivity contribution is -0.138. The SMILES string of the molecule is Cc1ccc(C(=O)Nc2ccc(CN3CCN(C)CC3)c(C(F)(F)F)c2)cc1C#Cc1cn(C2CCC(O)CC2)c2ncnc(N)c12. The molecule has 0 bridgehead atoms. The number of hydrogen-bond donors (Lipinski definition) is 3. The van der Waals surface area contributed by atoms with Gasteiger partial charge in [0.25, 0.3) is 5.91 Å². The first-order valence-electron chi connectivity index (χ1n) is 15.8. The molecule has 3 heterocycles. The monoisotopic (exact) mass is 645 g/mol. The molecule has 4 N–H and O–H groups in total. The number of nitrogen functional groups attached to an aromatic ring is 1. The second kappa shape index (κ2) is 13.4. The Morgan fingerprint density at radius 1 is 1.02 bits per heavy atom. The number of piperazine rings is 1. The first-order valence-corrected chi connectivity index (χ1v) is 15.8. The van der Waals surface area contributed by atoms with E-state index in [1.165, 1.54) is 18.5 Å². The molecule has 1 amide bonds. The zero-order valence-corrected chi connectivity index (χ0v) is 26.4. The van der Waals surface area contributed by atoms with Crippen molar-refractivity contribution in [3.05, 3.63) is 82.3 Å². The Hall–Kier alpha value is -4.44. The van der Waals surface area contributed by atoms with Crippen LogP contribution in [0.15, 0.2) is 48.9 Å². The summed E-state index contributed by atoms with van der Waals surface area (Å²) in [5, 5.41) is 13.3. The number of rotatable bonds is 5. The summed E-state index contributed by atoms with van der Waals surface area (Å²) in [7, 11) is 2.00. The van der Waals surface area contributed by atoms with Gasteiger partial charge in [0.15, 0.2) is 0 Å². The van der Waals surface area contributed by atoms with Gasteiger partial charge < -0.3 is 25.6 Å². The van der Waals surface area contributed by atoms with Gasteiger partial charge in [-0.15, -0.1) is 0 Å². The van der Waals surface area contributed by atoms with E-state index in [4.69, 9.17) is 5.73 Å². The second-order valence-corrected chi connectivity index (χ2v) is 12.6. The smallest absolute Gasteiger partial charge is 0.393 e. The third kappa shape index (κ3) is 7.27. The van der Waals surface area contributed by atoms with Crippen molar-refractivity contribution < 1.29 is 23.1 Å². The van der Waals surface area contributed by atoms with Crippen LogP contribution in [0, 0.1) is 18.8 Å². The highest BCUT2D eigenvalue weighted by Gasteiger charge is 2.34. The number of alkyl halides is 3. The summed E-state index contributed by atoms with van der Waals surface area (Å²) in [4.78, 5) is 26.1. The standard InChI is InChI=1S/C35H38F3N7O2/c1-22-3-4-24(34(47)42-27-8-7-25(30(18-27)35(36,37)38)19-44-15-13-43(2)14-16-44)17-23(22)5-6-26-20-45(28-9-11-29(46)12-10-28)33-31(26)32(39)40-21-41-33/h3-4,7-8,17-18,20-21,28-29,46H,9-16,19H2,1-2H3,(H,42,47)(H2,39,40,41). The highest BCUT2D eigenvalue weighted by molar-refractivity contribution is 6.04. The van der Waals surface area contributed by atoms with Crippen LogP contribution in [0.1, 0.15) is 69.9 Å². The first-order chi connectivity index (χ1) is 22.5. The zero-order valence-electron chi connectivity index (χ0n) is 26.4. The summed E-state index contributed by atoms with van der Waals surface area (Å²) < 4.78 is 44.3. The van der Waals surface area contributed by atoms with Crippen molar-refractivity contribution in [3.63, 3.8) is 0 Å². The topological polar surface area (TPSA) is 113 Å². The van der Waals surface area contributed by atoms with Crippen LogP contribution < -0.4 is 11.1 Å². The molecule has 2 aliphatic rings. The van der Waals surface area contributed by atoms with E-state index in [2.05, 4.69) is 36.6 Å². The van der Waals surface area contributed by atoms with E-state index in [1.807, 2.05) is 25.1 Å². The van der Waals surface area contributed by atoms with Crippen LogP contribution in [0.5, 0.6) is 0 Å². The number of carbonyl (C=O) groups is 1. The Morgan fingerprint density at radius 3 is 2.47 bits per heavy atom. The average Bonchev–Trinajstić information content (AvgIpc) is 3.42. The molecule has 0 atom stereocenters. The van der Waals surface area contributed by atoms with Crippen LogP contribution in [0.2, 0.25) is 0 Å². The number of aliphatic hydroxyl groups excluding tert-OH is 1. The van der Waals surface area contributed by atoms with Crippen molar-refractivity contribution in [1.29, 1.82) is 0 Å².